The number of aromatic nitrogens is 2. The van der Waals surface area contributed by atoms with Gasteiger partial charge < -0.3 is 10.1 Å². The lowest BCUT2D eigenvalue weighted by Gasteiger charge is -2.12. The minimum atomic E-state index is -2.95. The summed E-state index contributed by atoms with van der Waals surface area (Å²) in [5.74, 6) is -0.525. The van der Waals surface area contributed by atoms with Crippen LogP contribution in [0.15, 0.2) is 30.5 Å². The monoisotopic (exact) mass is 281 g/mol. The highest BCUT2D eigenvalue weighted by Gasteiger charge is 2.15. The number of rotatable bonds is 4. The molecular weight excluding hydrogens is 268 g/mol. The first kappa shape index (κ1) is 14.0. The number of hydrogen-bond donors (Lipinski definition) is 1. The lowest BCUT2D eigenvalue weighted by atomic mass is 10.2. The molecule has 0 aliphatic heterocycles. The number of carbonyl (C=O) groups is 1. The molecule has 1 heterocycles. The van der Waals surface area contributed by atoms with Crippen molar-refractivity contribution < 1.29 is 18.3 Å². The van der Waals surface area contributed by atoms with Crippen LogP contribution in [0.5, 0.6) is 5.75 Å². The molecule has 5 nitrogen and oxygen atoms in total. The third-order valence-corrected chi connectivity index (χ3v) is 2.65. The molecule has 0 spiro atoms. The van der Waals surface area contributed by atoms with Crippen molar-refractivity contribution in [2.24, 2.45) is 7.05 Å². The summed E-state index contributed by atoms with van der Waals surface area (Å²) in [4.78, 5) is 12.0. The Balaban J connectivity index is 2.25. The molecule has 106 valence electrons. The molecule has 0 atom stereocenters. The van der Waals surface area contributed by atoms with E-state index in [1.54, 1.807) is 20.0 Å². The number of nitrogens with one attached hydrogen (secondary N) is 1. The van der Waals surface area contributed by atoms with Crippen molar-refractivity contribution in [1.29, 1.82) is 0 Å². The molecule has 0 saturated carbocycles. The molecule has 2 rings (SSSR count). The Kier molecular flexibility index (Phi) is 3.97. The van der Waals surface area contributed by atoms with E-state index in [1.165, 1.54) is 29.1 Å². The molecule has 0 aliphatic rings. The average molecular weight is 281 g/mol. The van der Waals surface area contributed by atoms with Crippen LogP contribution in [0.3, 0.4) is 0 Å². The molecule has 7 heteroatoms. The number of hydrogen-bond acceptors (Lipinski definition) is 3. The van der Waals surface area contributed by atoms with Gasteiger partial charge in [0.15, 0.2) is 0 Å². The zero-order valence-electron chi connectivity index (χ0n) is 10.9. The van der Waals surface area contributed by atoms with E-state index in [9.17, 15) is 13.6 Å². The third-order valence-electron chi connectivity index (χ3n) is 2.65. The number of nitrogens with zero attached hydrogens (tertiary/aromatic N) is 2. The van der Waals surface area contributed by atoms with Gasteiger partial charge >= 0.3 is 6.61 Å². The number of aryl methyl sites for hydroxylation is 2. The maximum atomic E-state index is 12.4. The fourth-order valence-electron chi connectivity index (χ4n) is 1.71. The summed E-state index contributed by atoms with van der Waals surface area (Å²) in [5.41, 5.74) is 1.25. The number of amides is 1. The summed E-state index contributed by atoms with van der Waals surface area (Å²) in [5, 5.41) is 6.40. The second-order valence-electron chi connectivity index (χ2n) is 4.17. The molecular formula is C13H13F2N3O2. The van der Waals surface area contributed by atoms with Gasteiger partial charge in [-0.25, -0.2) is 0 Å². The Morgan fingerprint density at radius 2 is 2.15 bits per heavy atom. The maximum absolute atomic E-state index is 12.4. The summed E-state index contributed by atoms with van der Waals surface area (Å²) in [7, 11) is 1.61. The highest BCUT2D eigenvalue weighted by molar-refractivity contribution is 6.03. The largest absolute Gasteiger partial charge is 0.433 e. The number of halogens is 2. The van der Waals surface area contributed by atoms with E-state index in [2.05, 4.69) is 15.2 Å². The van der Waals surface area contributed by atoms with Crippen LogP contribution in [0.4, 0.5) is 14.5 Å². The summed E-state index contributed by atoms with van der Waals surface area (Å²) in [6, 6.07) is 6.17. The Morgan fingerprint density at radius 3 is 2.75 bits per heavy atom. The first-order valence-corrected chi connectivity index (χ1v) is 5.82. The number of carbonyl (C=O) groups excluding carboxylic acids is 1. The SMILES string of the molecule is Cc1ccc(NC(=O)c2ccnn2C)c(OC(F)F)c1. The average Bonchev–Trinajstić information content (AvgIpc) is 2.78. The van der Waals surface area contributed by atoms with Crippen molar-refractivity contribution in [2.75, 3.05) is 5.32 Å². The third kappa shape index (κ3) is 3.11. The molecule has 0 radical (unpaired) electrons. The number of benzene rings is 1. The fourth-order valence-corrected chi connectivity index (χ4v) is 1.71. The Labute approximate surface area is 114 Å². The predicted molar refractivity (Wildman–Crippen MR) is 69.0 cm³/mol. The molecule has 0 saturated heterocycles. The molecule has 0 aliphatic carbocycles. The molecule has 0 bridgehead atoms. The molecule has 1 aromatic carbocycles. The minimum Gasteiger partial charge on any atom is -0.433 e. The molecule has 2 aromatic rings. The quantitative estimate of drug-likeness (QED) is 0.937. The van der Waals surface area contributed by atoms with E-state index in [4.69, 9.17) is 0 Å². The molecule has 0 fully saturated rings. The molecule has 1 aromatic heterocycles. The van der Waals surface area contributed by atoms with E-state index in [-0.39, 0.29) is 11.4 Å². The molecule has 0 unspecified atom stereocenters. The summed E-state index contributed by atoms with van der Waals surface area (Å²) in [6.45, 7) is -1.21. The van der Waals surface area contributed by atoms with Gasteiger partial charge in [-0.3, -0.25) is 9.48 Å². The van der Waals surface area contributed by atoms with E-state index >= 15 is 0 Å². The minimum absolute atomic E-state index is 0.0736. The highest BCUT2D eigenvalue weighted by Crippen LogP contribution is 2.27. The summed E-state index contributed by atoms with van der Waals surface area (Å²) >= 11 is 0. The zero-order valence-corrected chi connectivity index (χ0v) is 10.9. The van der Waals surface area contributed by atoms with Gasteiger partial charge in [-0.2, -0.15) is 13.9 Å². The van der Waals surface area contributed by atoms with Crippen LogP contribution in [0, 0.1) is 6.92 Å². The van der Waals surface area contributed by atoms with E-state index in [1.807, 2.05) is 0 Å². The van der Waals surface area contributed by atoms with Gasteiger partial charge in [-0.05, 0) is 30.7 Å². The van der Waals surface area contributed by atoms with Crippen LogP contribution in [-0.4, -0.2) is 22.3 Å². The topological polar surface area (TPSA) is 56.2 Å². The van der Waals surface area contributed by atoms with Crippen LogP contribution in [0.1, 0.15) is 16.1 Å². The first-order chi connectivity index (χ1) is 9.47. The maximum Gasteiger partial charge on any atom is 0.387 e. The van der Waals surface area contributed by atoms with Crippen molar-refractivity contribution >= 4 is 11.6 Å². The molecule has 20 heavy (non-hydrogen) atoms. The van der Waals surface area contributed by atoms with Crippen molar-refractivity contribution in [2.45, 2.75) is 13.5 Å². The van der Waals surface area contributed by atoms with Gasteiger partial charge in [0.05, 0.1) is 5.69 Å². The van der Waals surface area contributed by atoms with Crippen molar-refractivity contribution in [3.63, 3.8) is 0 Å². The normalized spacial score (nSPS) is 10.7. The predicted octanol–water partition coefficient (Wildman–Crippen LogP) is 2.58. The van der Waals surface area contributed by atoms with Crippen LogP contribution in [-0.2, 0) is 7.05 Å². The van der Waals surface area contributed by atoms with Crippen LogP contribution in [0.2, 0.25) is 0 Å². The van der Waals surface area contributed by atoms with Gasteiger partial charge in [0, 0.05) is 13.2 Å². The standard InChI is InChI=1S/C13H13F2N3O2/c1-8-3-4-9(11(7-8)20-13(14)15)17-12(19)10-5-6-16-18(10)2/h3-7,13H,1-2H3,(H,17,19). The van der Waals surface area contributed by atoms with Crippen molar-refractivity contribution in [3.8, 4) is 5.75 Å². The van der Waals surface area contributed by atoms with Crippen molar-refractivity contribution in [1.82, 2.24) is 9.78 Å². The van der Waals surface area contributed by atoms with Gasteiger partial charge in [-0.15, -0.1) is 0 Å². The van der Waals surface area contributed by atoms with Crippen LogP contribution in [0.25, 0.3) is 0 Å². The smallest absolute Gasteiger partial charge is 0.387 e. The van der Waals surface area contributed by atoms with Crippen LogP contribution >= 0.6 is 0 Å². The molecule has 1 amide bonds. The van der Waals surface area contributed by atoms with Gasteiger partial charge in [0.2, 0.25) is 0 Å². The number of ether oxygens (including phenoxy) is 1. The first-order valence-electron chi connectivity index (χ1n) is 5.82. The lowest BCUT2D eigenvalue weighted by molar-refractivity contribution is -0.0494. The summed E-state index contributed by atoms with van der Waals surface area (Å²) < 4.78 is 30.5. The Morgan fingerprint density at radius 1 is 1.40 bits per heavy atom. The molecule has 1 N–H and O–H groups in total. The van der Waals surface area contributed by atoms with Crippen molar-refractivity contribution in [3.05, 3.63) is 41.7 Å². The van der Waals surface area contributed by atoms with E-state index in [0.717, 1.165) is 5.56 Å². The van der Waals surface area contributed by atoms with Gasteiger partial charge in [0.25, 0.3) is 5.91 Å². The Bertz CT molecular complexity index is 626. The van der Waals surface area contributed by atoms with E-state index < -0.39 is 12.5 Å². The van der Waals surface area contributed by atoms with Crippen LogP contribution < -0.4 is 10.1 Å². The van der Waals surface area contributed by atoms with E-state index in [0.29, 0.717) is 5.69 Å². The summed E-state index contributed by atoms with van der Waals surface area (Å²) in [6.07, 6.45) is 1.47. The highest BCUT2D eigenvalue weighted by atomic mass is 19.3. The second-order valence-corrected chi connectivity index (χ2v) is 4.17. The van der Waals surface area contributed by atoms with Gasteiger partial charge in [0.1, 0.15) is 11.4 Å². The lowest BCUT2D eigenvalue weighted by Crippen LogP contribution is -2.17. The zero-order chi connectivity index (χ0) is 14.7. The number of anilines is 1. The fraction of sp³-hybridized carbons (Fsp3) is 0.231. The second kappa shape index (κ2) is 5.68. The Hall–Kier alpha value is -2.44. The van der Waals surface area contributed by atoms with Gasteiger partial charge in [-0.1, -0.05) is 6.07 Å². The number of alkyl halides is 2.